The maximum atomic E-state index is 12.2. The summed E-state index contributed by atoms with van der Waals surface area (Å²) in [6, 6.07) is 2.08. The van der Waals surface area contributed by atoms with Crippen LogP contribution in [0.4, 0.5) is 0 Å². The average molecular weight is 248 g/mol. The van der Waals surface area contributed by atoms with E-state index in [0.717, 1.165) is 27.8 Å². The predicted octanol–water partition coefficient (Wildman–Crippen LogP) is 3.36. The van der Waals surface area contributed by atoms with Crippen molar-refractivity contribution in [2.24, 2.45) is 0 Å². The summed E-state index contributed by atoms with van der Waals surface area (Å²) in [7, 11) is 0. The van der Waals surface area contributed by atoms with Gasteiger partial charge in [0.2, 0.25) is 0 Å². The van der Waals surface area contributed by atoms with E-state index in [1.165, 1.54) is 0 Å². The molecular formula is C15H20O3. The summed E-state index contributed by atoms with van der Waals surface area (Å²) in [4.78, 5) is 22.6. The number of aliphatic carboxylic acids is 1. The third-order valence-electron chi connectivity index (χ3n) is 3.44. The second kappa shape index (κ2) is 5.80. The molecule has 0 bridgehead atoms. The molecule has 1 aromatic rings. The molecule has 1 N–H and O–H groups in total. The Bertz CT molecular complexity index is 461. The SMILES string of the molecule is Cc1cc(C)c(C)c(C(=O)CCCC(=O)O)c1C. The summed E-state index contributed by atoms with van der Waals surface area (Å²) in [6.07, 6.45) is 0.755. The number of hydrogen-bond acceptors (Lipinski definition) is 2. The standard InChI is InChI=1S/C15H20O3/c1-9-8-10(2)12(4)15(11(9)3)13(16)6-5-7-14(17)18/h8H,5-7H2,1-4H3,(H,17,18). The molecule has 0 aromatic heterocycles. The van der Waals surface area contributed by atoms with Gasteiger partial charge in [-0.1, -0.05) is 6.07 Å². The molecule has 0 aliphatic heterocycles. The lowest BCUT2D eigenvalue weighted by molar-refractivity contribution is -0.137. The Morgan fingerprint density at radius 2 is 1.50 bits per heavy atom. The summed E-state index contributed by atoms with van der Waals surface area (Å²) >= 11 is 0. The smallest absolute Gasteiger partial charge is 0.303 e. The summed E-state index contributed by atoms with van der Waals surface area (Å²) < 4.78 is 0. The molecular weight excluding hydrogens is 228 g/mol. The van der Waals surface area contributed by atoms with Crippen LogP contribution in [-0.2, 0) is 4.79 Å². The predicted molar refractivity (Wildman–Crippen MR) is 71.2 cm³/mol. The van der Waals surface area contributed by atoms with E-state index in [0.29, 0.717) is 12.8 Å². The van der Waals surface area contributed by atoms with Gasteiger partial charge in [-0.05, 0) is 56.4 Å². The van der Waals surface area contributed by atoms with Gasteiger partial charge >= 0.3 is 5.97 Å². The second-order valence-electron chi connectivity index (χ2n) is 4.81. The van der Waals surface area contributed by atoms with Crippen LogP contribution in [0.15, 0.2) is 6.07 Å². The Balaban J connectivity index is 2.95. The molecule has 0 aliphatic carbocycles. The van der Waals surface area contributed by atoms with Crippen molar-refractivity contribution in [3.63, 3.8) is 0 Å². The molecule has 0 aliphatic rings. The Kier molecular flexibility index (Phi) is 4.65. The van der Waals surface area contributed by atoms with Crippen molar-refractivity contribution in [2.75, 3.05) is 0 Å². The average Bonchev–Trinajstić information content (AvgIpc) is 2.26. The topological polar surface area (TPSA) is 54.4 Å². The van der Waals surface area contributed by atoms with Gasteiger partial charge in [-0.2, -0.15) is 0 Å². The lowest BCUT2D eigenvalue weighted by atomic mass is 9.90. The highest BCUT2D eigenvalue weighted by atomic mass is 16.4. The highest BCUT2D eigenvalue weighted by Crippen LogP contribution is 2.23. The monoisotopic (exact) mass is 248 g/mol. The van der Waals surface area contributed by atoms with Gasteiger partial charge in [0.1, 0.15) is 0 Å². The molecule has 18 heavy (non-hydrogen) atoms. The lowest BCUT2D eigenvalue weighted by Gasteiger charge is -2.14. The van der Waals surface area contributed by atoms with Crippen LogP contribution in [-0.4, -0.2) is 16.9 Å². The van der Waals surface area contributed by atoms with E-state index in [1.807, 2.05) is 27.7 Å². The molecule has 1 aromatic carbocycles. The second-order valence-corrected chi connectivity index (χ2v) is 4.81. The molecule has 1 rings (SSSR count). The van der Waals surface area contributed by atoms with Gasteiger partial charge in [-0.3, -0.25) is 9.59 Å². The largest absolute Gasteiger partial charge is 0.481 e. The Morgan fingerprint density at radius 3 is 1.94 bits per heavy atom. The molecule has 3 nitrogen and oxygen atoms in total. The zero-order valence-electron chi connectivity index (χ0n) is 11.5. The molecule has 0 saturated carbocycles. The fourth-order valence-electron chi connectivity index (χ4n) is 2.16. The zero-order chi connectivity index (χ0) is 13.9. The number of hydrogen-bond donors (Lipinski definition) is 1. The molecule has 0 radical (unpaired) electrons. The van der Waals surface area contributed by atoms with E-state index in [-0.39, 0.29) is 12.2 Å². The first-order chi connectivity index (χ1) is 8.34. The van der Waals surface area contributed by atoms with Crippen LogP contribution in [0.25, 0.3) is 0 Å². The molecule has 0 unspecified atom stereocenters. The first-order valence-electron chi connectivity index (χ1n) is 6.17. The molecule has 0 saturated heterocycles. The first-order valence-corrected chi connectivity index (χ1v) is 6.17. The van der Waals surface area contributed by atoms with Crippen molar-refractivity contribution < 1.29 is 14.7 Å². The number of ketones is 1. The van der Waals surface area contributed by atoms with E-state index in [1.54, 1.807) is 0 Å². The molecule has 0 fully saturated rings. The zero-order valence-corrected chi connectivity index (χ0v) is 11.5. The number of benzene rings is 1. The van der Waals surface area contributed by atoms with Crippen LogP contribution in [0, 0.1) is 27.7 Å². The van der Waals surface area contributed by atoms with Crippen molar-refractivity contribution in [1.29, 1.82) is 0 Å². The minimum absolute atomic E-state index is 0.0502. The number of Topliss-reactive ketones (excluding diaryl/α,β-unsaturated/α-hetero) is 1. The van der Waals surface area contributed by atoms with Crippen molar-refractivity contribution in [3.05, 3.63) is 33.9 Å². The number of rotatable bonds is 5. The van der Waals surface area contributed by atoms with Gasteiger partial charge in [-0.15, -0.1) is 0 Å². The number of carbonyl (C=O) groups is 2. The van der Waals surface area contributed by atoms with Crippen molar-refractivity contribution in [2.45, 2.75) is 47.0 Å². The Morgan fingerprint density at radius 1 is 1.00 bits per heavy atom. The summed E-state index contributed by atoms with van der Waals surface area (Å²) in [5.41, 5.74) is 5.02. The third kappa shape index (κ3) is 3.19. The first kappa shape index (κ1) is 14.4. The van der Waals surface area contributed by atoms with Gasteiger partial charge in [0.05, 0.1) is 0 Å². The minimum Gasteiger partial charge on any atom is -0.481 e. The fourth-order valence-corrected chi connectivity index (χ4v) is 2.16. The van der Waals surface area contributed by atoms with Crippen LogP contribution < -0.4 is 0 Å². The number of aryl methyl sites for hydroxylation is 2. The van der Waals surface area contributed by atoms with Gasteiger partial charge in [0.25, 0.3) is 0 Å². The molecule has 0 amide bonds. The quantitative estimate of drug-likeness (QED) is 0.813. The summed E-state index contributed by atoms with van der Waals surface area (Å²) in [5, 5.41) is 8.58. The van der Waals surface area contributed by atoms with Crippen LogP contribution in [0.3, 0.4) is 0 Å². The fraction of sp³-hybridized carbons (Fsp3) is 0.467. The molecule has 0 atom stereocenters. The van der Waals surface area contributed by atoms with Gasteiger partial charge < -0.3 is 5.11 Å². The van der Waals surface area contributed by atoms with Crippen molar-refractivity contribution >= 4 is 11.8 Å². The molecule has 3 heteroatoms. The van der Waals surface area contributed by atoms with Crippen LogP contribution in [0.1, 0.15) is 51.9 Å². The van der Waals surface area contributed by atoms with Crippen LogP contribution in [0.2, 0.25) is 0 Å². The van der Waals surface area contributed by atoms with Crippen molar-refractivity contribution in [1.82, 2.24) is 0 Å². The van der Waals surface area contributed by atoms with E-state index in [9.17, 15) is 9.59 Å². The van der Waals surface area contributed by atoms with Gasteiger partial charge in [-0.25, -0.2) is 0 Å². The van der Waals surface area contributed by atoms with E-state index >= 15 is 0 Å². The number of carbonyl (C=O) groups excluding carboxylic acids is 1. The molecule has 98 valence electrons. The maximum Gasteiger partial charge on any atom is 0.303 e. The summed E-state index contributed by atoms with van der Waals surface area (Å²) in [6.45, 7) is 7.89. The van der Waals surface area contributed by atoms with E-state index in [4.69, 9.17) is 5.11 Å². The Labute approximate surface area is 108 Å². The normalized spacial score (nSPS) is 10.4. The molecule has 0 heterocycles. The van der Waals surface area contributed by atoms with E-state index in [2.05, 4.69) is 6.07 Å². The minimum atomic E-state index is -0.850. The van der Waals surface area contributed by atoms with Gasteiger partial charge in [0.15, 0.2) is 5.78 Å². The highest BCUT2D eigenvalue weighted by molar-refractivity contribution is 5.99. The lowest BCUT2D eigenvalue weighted by Crippen LogP contribution is -2.08. The molecule has 0 spiro atoms. The highest BCUT2D eigenvalue weighted by Gasteiger charge is 2.15. The van der Waals surface area contributed by atoms with Crippen molar-refractivity contribution in [3.8, 4) is 0 Å². The number of carboxylic acid groups (broad SMARTS) is 1. The third-order valence-corrected chi connectivity index (χ3v) is 3.44. The van der Waals surface area contributed by atoms with Crippen LogP contribution in [0.5, 0.6) is 0 Å². The van der Waals surface area contributed by atoms with Gasteiger partial charge in [0, 0.05) is 18.4 Å². The maximum absolute atomic E-state index is 12.2. The Hall–Kier alpha value is -1.64. The van der Waals surface area contributed by atoms with E-state index < -0.39 is 5.97 Å². The van der Waals surface area contributed by atoms with Crippen LogP contribution >= 0.6 is 0 Å². The number of carboxylic acids is 1. The summed E-state index contributed by atoms with van der Waals surface area (Å²) in [5.74, 6) is -0.797.